The maximum atomic E-state index is 11.9. The van der Waals surface area contributed by atoms with E-state index in [1.54, 1.807) is 0 Å². The molecule has 2 fully saturated rings. The Labute approximate surface area is 192 Å². The Bertz CT molecular complexity index is 704. The maximum absolute atomic E-state index is 11.9. The van der Waals surface area contributed by atoms with Crippen molar-refractivity contribution in [3.63, 3.8) is 0 Å². The second-order valence-corrected chi connectivity index (χ2v) is 11.3. The number of carbonyl (C=O) groups excluding carboxylic acids is 6. The molecule has 0 aromatic heterocycles. The van der Waals surface area contributed by atoms with E-state index in [1.807, 2.05) is 0 Å². The Morgan fingerprint density at radius 2 is 0.844 bits per heavy atom. The number of aliphatic hydroxyl groups is 6. The molecule has 2 saturated heterocycles. The van der Waals surface area contributed by atoms with Crippen molar-refractivity contribution >= 4 is 78.8 Å². The Morgan fingerprint density at radius 3 is 1.06 bits per heavy atom. The summed E-state index contributed by atoms with van der Waals surface area (Å²) in [5, 5.41) is 56.5. The molecule has 0 saturated carbocycles. The van der Waals surface area contributed by atoms with Gasteiger partial charge >= 0.3 is 193 Å². The zero-order valence-corrected chi connectivity index (χ0v) is 20.0. The minimum absolute atomic E-state index is 1.58. The number of hydrogen-bond donors (Lipinski definition) is 6. The molecule has 2 heterocycles. The van der Waals surface area contributed by atoms with Gasteiger partial charge in [-0.1, -0.05) is 0 Å². The van der Waals surface area contributed by atoms with Crippen LogP contribution in [0, 0.1) is 0 Å². The summed E-state index contributed by atoms with van der Waals surface area (Å²) >= 11 is -9.20. The molecule has 178 valence electrons. The molecule has 18 nitrogen and oxygen atoms in total. The van der Waals surface area contributed by atoms with E-state index in [-0.39, 0.29) is 0 Å². The first kappa shape index (κ1) is 26.5. The molecule has 20 heteroatoms. The number of carbonyl (C=O) groups is 6. The van der Waals surface area contributed by atoms with Gasteiger partial charge in [-0.2, -0.15) is 0 Å². The number of aliphatic hydroxyl groups excluding tert-OH is 6. The molecule has 2 rings (SSSR count). The van der Waals surface area contributed by atoms with Gasteiger partial charge in [0.15, 0.2) is 0 Å². The molecule has 0 unspecified atom stereocenters. The Morgan fingerprint density at radius 1 is 0.625 bits per heavy atom. The average Bonchev–Trinajstić information content (AvgIpc) is 2.88. The number of hydrogen-bond acceptors (Lipinski definition) is 18. The minimum atomic E-state index is -4.60. The van der Waals surface area contributed by atoms with Gasteiger partial charge in [0.05, 0.1) is 0 Å². The third-order valence-corrected chi connectivity index (χ3v) is 8.97. The van der Waals surface area contributed by atoms with Crippen molar-refractivity contribution in [2.45, 2.75) is 36.6 Å². The Kier molecular flexibility index (Phi) is 9.01. The summed E-state index contributed by atoms with van der Waals surface area (Å²) in [5.74, 6) is -10.1. The van der Waals surface area contributed by atoms with Crippen molar-refractivity contribution in [3.05, 3.63) is 0 Å². The molecule has 0 aromatic rings. The zero-order chi connectivity index (χ0) is 24.3. The van der Waals surface area contributed by atoms with Crippen LogP contribution in [-0.2, 0) is 46.9 Å². The van der Waals surface area contributed by atoms with E-state index in [4.69, 9.17) is 0 Å². The van der Waals surface area contributed by atoms with Gasteiger partial charge in [0, 0.05) is 0 Å². The van der Waals surface area contributed by atoms with Crippen LogP contribution in [0.4, 0.5) is 0 Å². The summed E-state index contributed by atoms with van der Waals surface area (Å²) < 4.78 is 26.4. The van der Waals surface area contributed by atoms with Crippen LogP contribution in [0.5, 0.6) is 0 Å². The van der Waals surface area contributed by atoms with Gasteiger partial charge < -0.3 is 0 Å². The van der Waals surface area contributed by atoms with Gasteiger partial charge in [-0.25, -0.2) is 0 Å². The van der Waals surface area contributed by atoms with Crippen LogP contribution in [-0.4, -0.2) is 146 Å². The Hall–Kier alpha value is -1.78. The average molecular weight is 688 g/mol. The van der Waals surface area contributed by atoms with E-state index in [0.717, 1.165) is 0 Å². The second kappa shape index (κ2) is 10.9. The quantitative estimate of drug-likeness (QED) is 0.146. The standard InChI is InChI=1S/3C4H6O6.2Sb/c3*5-1(3(7)8)2(6)4(9)10;;/h3*1-2,5-6H,(H,7,8)(H,9,10);;/q;;;2*+3/p-6/t3*1-,2-;;/m100../s1. The van der Waals surface area contributed by atoms with E-state index in [2.05, 4.69) is 18.1 Å². The van der Waals surface area contributed by atoms with Gasteiger partial charge in [0.25, 0.3) is 0 Å². The molecule has 0 aliphatic carbocycles. The van der Waals surface area contributed by atoms with E-state index >= 15 is 0 Å². The van der Waals surface area contributed by atoms with Gasteiger partial charge in [-0.15, -0.1) is 0 Å². The fourth-order valence-electron chi connectivity index (χ4n) is 1.65. The summed E-state index contributed by atoms with van der Waals surface area (Å²) in [4.78, 5) is 69.4. The van der Waals surface area contributed by atoms with Gasteiger partial charge in [-0.3, -0.25) is 0 Å². The third-order valence-electron chi connectivity index (χ3n) is 3.33. The van der Waals surface area contributed by atoms with Crippen LogP contribution in [0.3, 0.4) is 0 Å². The predicted octanol–water partition coefficient (Wildman–Crippen LogP) is -7.59. The summed E-state index contributed by atoms with van der Waals surface area (Å²) in [6.07, 6.45) is -14.9. The first-order valence-corrected chi connectivity index (χ1v) is 14.1. The van der Waals surface area contributed by atoms with Crippen molar-refractivity contribution in [2.75, 3.05) is 0 Å². The third kappa shape index (κ3) is 6.17. The monoisotopic (exact) mass is 686 g/mol. The van der Waals surface area contributed by atoms with Crippen LogP contribution < -0.4 is 0 Å². The van der Waals surface area contributed by atoms with Crippen LogP contribution in [0.1, 0.15) is 0 Å². The van der Waals surface area contributed by atoms with Crippen LogP contribution >= 0.6 is 0 Å². The molecule has 6 atom stereocenters. The van der Waals surface area contributed by atoms with Crippen molar-refractivity contribution in [2.24, 2.45) is 0 Å². The van der Waals surface area contributed by atoms with Crippen molar-refractivity contribution in [3.8, 4) is 0 Å². The summed E-state index contributed by atoms with van der Waals surface area (Å²) in [6, 6.07) is 0. The summed E-state index contributed by atoms with van der Waals surface area (Å²) in [5.41, 5.74) is 0. The molecule has 0 amide bonds. The Balaban J connectivity index is 1.97. The molecule has 0 radical (unpaired) electrons. The van der Waals surface area contributed by atoms with E-state index in [0.29, 0.717) is 0 Å². The van der Waals surface area contributed by atoms with Crippen LogP contribution in [0.15, 0.2) is 0 Å². The van der Waals surface area contributed by atoms with Gasteiger partial charge in [0.2, 0.25) is 0 Å². The molecule has 2 aliphatic rings. The van der Waals surface area contributed by atoms with E-state index in [1.165, 1.54) is 0 Å². The first-order valence-electron chi connectivity index (χ1n) is 7.83. The first-order chi connectivity index (χ1) is 14.8. The molecular weight excluding hydrogens is 676 g/mol. The van der Waals surface area contributed by atoms with Crippen molar-refractivity contribution in [1.82, 2.24) is 0 Å². The van der Waals surface area contributed by atoms with Gasteiger partial charge in [0.1, 0.15) is 0 Å². The van der Waals surface area contributed by atoms with E-state index in [9.17, 15) is 59.4 Å². The topological polar surface area (TPSA) is 279 Å². The fraction of sp³-hybridized carbons (Fsp3) is 0.500. The molecule has 6 N–H and O–H groups in total. The summed E-state index contributed by atoms with van der Waals surface area (Å²) in [7, 11) is 0. The van der Waals surface area contributed by atoms with Gasteiger partial charge in [-0.05, 0) is 0 Å². The molecule has 2 aliphatic heterocycles. The van der Waals surface area contributed by atoms with Crippen molar-refractivity contribution < 1.29 is 77.5 Å². The van der Waals surface area contributed by atoms with E-state index < -0.39 is 115 Å². The number of rotatable bonds is 5. The molecule has 32 heavy (non-hydrogen) atoms. The van der Waals surface area contributed by atoms with Crippen LogP contribution in [0.25, 0.3) is 0 Å². The SMILES string of the molecule is O=C1[O][Sb]([O]C(=O)[C@@H](O)[C@H](O)C(=O)[O][Sb]2[O]C(=O)[C@H](O)[C@@H](O)C(=O)[O]2)[O]C(=O)[C@@H](O)[C@@H]1O. The predicted molar refractivity (Wildman–Crippen MR) is 84.1 cm³/mol. The fourth-order valence-corrected chi connectivity index (χ4v) is 6.65. The second-order valence-electron chi connectivity index (χ2n) is 5.58. The normalized spacial score (nSPS) is 29.3. The molecular formula is C12H12O18Sb2. The van der Waals surface area contributed by atoms with Crippen LogP contribution in [0.2, 0.25) is 0 Å². The molecule has 0 bridgehead atoms. The summed E-state index contributed by atoms with van der Waals surface area (Å²) in [6.45, 7) is 0. The molecule has 0 aromatic carbocycles. The molecule has 0 spiro atoms. The van der Waals surface area contributed by atoms with Crippen molar-refractivity contribution in [1.29, 1.82) is 0 Å². The zero-order valence-electron chi connectivity index (χ0n) is 14.9.